The van der Waals surface area contributed by atoms with Crippen LogP contribution in [0.4, 0.5) is 4.39 Å². The van der Waals surface area contributed by atoms with Crippen LogP contribution >= 0.6 is 11.3 Å². The van der Waals surface area contributed by atoms with E-state index in [4.69, 9.17) is 4.98 Å². The van der Waals surface area contributed by atoms with Crippen molar-refractivity contribution in [1.29, 1.82) is 0 Å². The second-order valence-electron chi connectivity index (χ2n) is 8.61. The van der Waals surface area contributed by atoms with Crippen molar-refractivity contribution in [3.63, 3.8) is 0 Å². The normalized spacial score (nSPS) is 12.3. The van der Waals surface area contributed by atoms with Crippen LogP contribution in [0.2, 0.25) is 0 Å². The first-order chi connectivity index (χ1) is 16.7. The predicted molar refractivity (Wildman–Crippen MR) is 142 cm³/mol. The highest BCUT2D eigenvalue weighted by molar-refractivity contribution is 7.26. The first kappa shape index (κ1) is 20.8. The van der Waals surface area contributed by atoms with E-state index in [0.717, 1.165) is 22.4 Å². The molecule has 4 aromatic carbocycles. The number of halogens is 1. The highest BCUT2D eigenvalue weighted by Gasteiger charge is 2.13. The molecule has 1 nitrogen and oxygen atoms in total. The SMILES string of the molecule is CC(c1ccccc1)c1ccnc(-c2ccc3sc4c(-c5ccc(F)cc5)cccc4c3c2)c1. The molecule has 0 saturated carbocycles. The molecule has 2 aromatic heterocycles. The highest BCUT2D eigenvalue weighted by Crippen LogP contribution is 2.41. The van der Waals surface area contributed by atoms with E-state index in [0.29, 0.717) is 5.92 Å². The lowest BCUT2D eigenvalue weighted by atomic mass is 9.92. The van der Waals surface area contributed by atoms with Gasteiger partial charge >= 0.3 is 0 Å². The number of hydrogen-bond acceptors (Lipinski definition) is 2. The summed E-state index contributed by atoms with van der Waals surface area (Å²) < 4.78 is 15.9. The van der Waals surface area contributed by atoms with Crippen LogP contribution in [-0.2, 0) is 0 Å². The standard InChI is InChI=1S/C31H22FNS/c1-20(21-6-3-2-4-7-21)23-16-17-33-29(19-23)24-12-15-30-28(18-24)27-9-5-8-26(31(27)34-30)22-10-13-25(32)14-11-22/h2-20H,1H3. The molecule has 6 aromatic rings. The molecular formula is C31H22FNS. The number of rotatable bonds is 4. The van der Waals surface area contributed by atoms with Gasteiger partial charge in [0.05, 0.1) is 5.69 Å². The molecule has 1 unspecified atom stereocenters. The molecule has 6 rings (SSSR count). The first-order valence-electron chi connectivity index (χ1n) is 11.4. The van der Waals surface area contributed by atoms with E-state index in [1.54, 1.807) is 11.3 Å². The van der Waals surface area contributed by atoms with Crippen LogP contribution in [0.1, 0.15) is 24.0 Å². The molecule has 0 N–H and O–H groups in total. The summed E-state index contributed by atoms with van der Waals surface area (Å²) in [6.07, 6.45) is 1.91. The summed E-state index contributed by atoms with van der Waals surface area (Å²) in [5.74, 6) is 0.0835. The maximum absolute atomic E-state index is 13.5. The van der Waals surface area contributed by atoms with Crippen LogP contribution in [0.5, 0.6) is 0 Å². The monoisotopic (exact) mass is 459 g/mol. The summed E-state index contributed by atoms with van der Waals surface area (Å²) in [5, 5.41) is 2.45. The van der Waals surface area contributed by atoms with E-state index in [2.05, 4.69) is 85.8 Å². The minimum atomic E-state index is -0.215. The Bertz CT molecular complexity index is 1620. The molecule has 0 spiro atoms. The first-order valence-corrected chi connectivity index (χ1v) is 12.2. The van der Waals surface area contributed by atoms with Crippen LogP contribution in [0.3, 0.4) is 0 Å². The third kappa shape index (κ3) is 3.68. The topological polar surface area (TPSA) is 12.9 Å². The molecule has 0 saturated heterocycles. The second-order valence-corrected chi connectivity index (χ2v) is 9.66. The zero-order chi connectivity index (χ0) is 23.1. The largest absolute Gasteiger partial charge is 0.256 e. The van der Waals surface area contributed by atoms with Crippen molar-refractivity contribution >= 4 is 31.5 Å². The molecule has 3 heteroatoms. The van der Waals surface area contributed by atoms with Crippen LogP contribution in [-0.4, -0.2) is 4.98 Å². The Hall–Kier alpha value is -3.82. The molecule has 0 aliphatic carbocycles. The lowest BCUT2D eigenvalue weighted by Crippen LogP contribution is -1.97. The van der Waals surface area contributed by atoms with Gasteiger partial charge in [-0.15, -0.1) is 11.3 Å². The summed E-state index contributed by atoms with van der Waals surface area (Å²) >= 11 is 1.78. The minimum Gasteiger partial charge on any atom is -0.256 e. The fourth-order valence-electron chi connectivity index (χ4n) is 4.62. The van der Waals surface area contributed by atoms with E-state index < -0.39 is 0 Å². The Labute approximate surface area is 202 Å². The molecule has 1 atom stereocenters. The summed E-state index contributed by atoms with van der Waals surface area (Å²) in [6.45, 7) is 2.24. The van der Waals surface area contributed by atoms with Crippen molar-refractivity contribution in [2.75, 3.05) is 0 Å². The number of benzene rings is 4. The number of hydrogen-bond donors (Lipinski definition) is 0. The van der Waals surface area contributed by atoms with Crippen molar-refractivity contribution in [2.45, 2.75) is 12.8 Å². The molecule has 34 heavy (non-hydrogen) atoms. The van der Waals surface area contributed by atoms with Gasteiger partial charge in [0.25, 0.3) is 0 Å². The second kappa shape index (κ2) is 8.51. The van der Waals surface area contributed by atoms with E-state index in [1.807, 2.05) is 18.3 Å². The summed E-state index contributed by atoms with van der Waals surface area (Å²) in [6, 6.07) is 34.6. The smallest absolute Gasteiger partial charge is 0.123 e. The van der Waals surface area contributed by atoms with E-state index >= 15 is 0 Å². The number of fused-ring (bicyclic) bond motifs is 3. The van der Waals surface area contributed by atoms with Gasteiger partial charge in [0.15, 0.2) is 0 Å². The Morgan fingerprint density at radius 1 is 0.706 bits per heavy atom. The molecule has 2 heterocycles. The van der Waals surface area contributed by atoms with Gasteiger partial charge in [-0.1, -0.05) is 73.7 Å². The van der Waals surface area contributed by atoms with Crippen LogP contribution in [0.15, 0.2) is 109 Å². The maximum atomic E-state index is 13.5. The number of pyridine rings is 1. The minimum absolute atomic E-state index is 0.215. The Kier molecular flexibility index (Phi) is 5.20. The molecule has 0 fully saturated rings. The molecule has 0 aliphatic heterocycles. The summed E-state index contributed by atoms with van der Waals surface area (Å²) in [4.78, 5) is 4.70. The van der Waals surface area contributed by atoms with Gasteiger partial charge in [0.2, 0.25) is 0 Å². The van der Waals surface area contributed by atoms with Gasteiger partial charge in [0.1, 0.15) is 5.82 Å². The van der Waals surface area contributed by atoms with Gasteiger partial charge in [-0.3, -0.25) is 4.98 Å². The molecular weight excluding hydrogens is 437 g/mol. The van der Waals surface area contributed by atoms with Crippen molar-refractivity contribution in [1.82, 2.24) is 4.98 Å². The summed E-state index contributed by atoms with van der Waals surface area (Å²) in [7, 11) is 0. The molecule has 0 bridgehead atoms. The van der Waals surface area contributed by atoms with Gasteiger partial charge in [-0.2, -0.15) is 0 Å². The van der Waals surface area contributed by atoms with Gasteiger partial charge in [-0.25, -0.2) is 4.39 Å². The average molecular weight is 460 g/mol. The van der Waals surface area contributed by atoms with E-state index in [9.17, 15) is 4.39 Å². The average Bonchev–Trinajstić information content (AvgIpc) is 3.27. The zero-order valence-electron chi connectivity index (χ0n) is 18.7. The van der Waals surface area contributed by atoms with Gasteiger partial charge in [0, 0.05) is 37.9 Å². The van der Waals surface area contributed by atoms with Gasteiger partial charge < -0.3 is 0 Å². The Morgan fingerprint density at radius 3 is 2.32 bits per heavy atom. The van der Waals surface area contributed by atoms with Crippen molar-refractivity contribution < 1.29 is 4.39 Å². The lowest BCUT2D eigenvalue weighted by Gasteiger charge is -2.13. The fraction of sp³-hybridized carbons (Fsp3) is 0.0645. The number of thiophene rings is 1. The molecule has 0 radical (unpaired) electrons. The fourth-order valence-corrected chi connectivity index (χ4v) is 5.84. The summed E-state index contributed by atoms with van der Waals surface area (Å²) in [5.41, 5.74) is 6.81. The third-order valence-corrected chi connectivity index (χ3v) is 7.75. The molecule has 164 valence electrons. The maximum Gasteiger partial charge on any atom is 0.123 e. The van der Waals surface area contributed by atoms with Gasteiger partial charge in [-0.05, 0) is 58.7 Å². The van der Waals surface area contributed by atoms with Crippen LogP contribution in [0.25, 0.3) is 42.6 Å². The highest BCUT2D eigenvalue weighted by atomic mass is 32.1. The zero-order valence-corrected chi connectivity index (χ0v) is 19.5. The Morgan fingerprint density at radius 2 is 1.50 bits per heavy atom. The van der Waals surface area contributed by atoms with Crippen molar-refractivity contribution in [3.05, 3.63) is 126 Å². The lowest BCUT2D eigenvalue weighted by molar-refractivity contribution is 0.628. The van der Waals surface area contributed by atoms with Crippen LogP contribution in [0, 0.1) is 5.82 Å². The van der Waals surface area contributed by atoms with Crippen molar-refractivity contribution in [3.8, 4) is 22.4 Å². The van der Waals surface area contributed by atoms with E-state index in [-0.39, 0.29) is 5.82 Å². The Balaban J connectivity index is 1.44. The third-order valence-electron chi connectivity index (χ3n) is 6.53. The quantitative estimate of drug-likeness (QED) is 0.256. The number of nitrogens with zero attached hydrogens (tertiary/aromatic N) is 1. The molecule has 0 amide bonds. The number of aromatic nitrogens is 1. The van der Waals surface area contributed by atoms with E-state index in [1.165, 1.54) is 43.4 Å². The molecule has 0 aliphatic rings. The van der Waals surface area contributed by atoms with Crippen molar-refractivity contribution in [2.24, 2.45) is 0 Å². The predicted octanol–water partition coefficient (Wildman–Crippen LogP) is 9.07. The van der Waals surface area contributed by atoms with Crippen LogP contribution < -0.4 is 0 Å².